The Labute approximate surface area is 140 Å². The maximum Gasteiger partial charge on any atom is 0.338 e. The first-order chi connectivity index (χ1) is 11.5. The maximum atomic E-state index is 13.6. The predicted molar refractivity (Wildman–Crippen MR) is 86.0 cm³/mol. The molecule has 0 atom stereocenters. The van der Waals surface area contributed by atoms with E-state index in [9.17, 15) is 18.8 Å². The highest BCUT2D eigenvalue weighted by atomic mass is 19.1. The number of nitrogens with one attached hydrogen (secondary N) is 1. The molecule has 0 unspecified atom stereocenters. The van der Waals surface area contributed by atoms with Gasteiger partial charge >= 0.3 is 5.97 Å². The van der Waals surface area contributed by atoms with Crippen LogP contribution in [0.15, 0.2) is 18.2 Å². The minimum atomic E-state index is -0.732. The van der Waals surface area contributed by atoms with E-state index in [2.05, 4.69) is 5.32 Å². The van der Waals surface area contributed by atoms with Gasteiger partial charge in [0.05, 0.1) is 11.3 Å². The van der Waals surface area contributed by atoms with E-state index >= 15 is 0 Å². The molecule has 0 radical (unpaired) electrons. The Kier molecular flexibility index (Phi) is 6.28. The van der Waals surface area contributed by atoms with Gasteiger partial charge in [-0.2, -0.15) is 0 Å². The van der Waals surface area contributed by atoms with Crippen molar-refractivity contribution in [3.8, 4) is 0 Å². The molecule has 0 saturated carbocycles. The summed E-state index contributed by atoms with van der Waals surface area (Å²) in [6, 6.07) is 3.51. The zero-order valence-corrected chi connectivity index (χ0v) is 13.6. The van der Waals surface area contributed by atoms with Crippen LogP contribution in [0.25, 0.3) is 0 Å². The highest BCUT2D eigenvalue weighted by molar-refractivity contribution is 5.94. The number of nitrogens with zero attached hydrogens (tertiary/aromatic N) is 1. The molecule has 0 spiro atoms. The van der Waals surface area contributed by atoms with Gasteiger partial charge in [-0.3, -0.25) is 9.59 Å². The van der Waals surface area contributed by atoms with E-state index in [0.29, 0.717) is 13.1 Å². The molecule has 1 aliphatic heterocycles. The zero-order valence-electron chi connectivity index (χ0n) is 13.6. The summed E-state index contributed by atoms with van der Waals surface area (Å²) in [6.07, 6.45) is 4.12. The van der Waals surface area contributed by atoms with Crippen molar-refractivity contribution in [2.75, 3.05) is 25.0 Å². The molecule has 1 aromatic carbocycles. The zero-order chi connectivity index (χ0) is 17.5. The monoisotopic (exact) mass is 336 g/mol. The molecule has 2 amide bonds. The summed E-state index contributed by atoms with van der Waals surface area (Å²) in [5.41, 5.74) is -0.0281. The Hall–Kier alpha value is -2.44. The number of hydrogen-bond acceptors (Lipinski definition) is 4. The molecule has 1 fully saturated rings. The highest BCUT2D eigenvalue weighted by Gasteiger charge is 2.18. The molecule has 1 saturated heterocycles. The number of likely N-dealkylation sites (tertiary alicyclic amines) is 1. The molecule has 0 aromatic heterocycles. The second kappa shape index (κ2) is 8.42. The fourth-order valence-corrected chi connectivity index (χ4v) is 2.56. The first-order valence-electron chi connectivity index (χ1n) is 7.99. The highest BCUT2D eigenvalue weighted by Crippen LogP contribution is 2.17. The standard InChI is InChI=1S/C17H21FN2O4/c1-12(21)19-15-10-13(6-7-14(15)18)17(23)24-11-16(22)20-8-4-2-3-5-9-20/h6-7,10H,2-5,8-9,11H2,1H3,(H,19,21). The van der Waals surface area contributed by atoms with Crippen molar-refractivity contribution < 1.29 is 23.5 Å². The number of carbonyl (C=O) groups excluding carboxylic acids is 3. The maximum absolute atomic E-state index is 13.6. The molecular weight excluding hydrogens is 315 g/mol. The average molecular weight is 336 g/mol. The molecule has 0 bridgehead atoms. The van der Waals surface area contributed by atoms with E-state index in [0.717, 1.165) is 31.7 Å². The quantitative estimate of drug-likeness (QED) is 0.857. The van der Waals surface area contributed by atoms with Gasteiger partial charge in [0.25, 0.3) is 5.91 Å². The lowest BCUT2D eigenvalue weighted by molar-refractivity contribution is -0.134. The number of rotatable bonds is 4. The number of halogens is 1. The van der Waals surface area contributed by atoms with E-state index in [1.54, 1.807) is 4.90 Å². The molecule has 130 valence electrons. The number of amides is 2. The Morgan fingerprint density at radius 2 is 1.83 bits per heavy atom. The average Bonchev–Trinajstić information content (AvgIpc) is 2.83. The number of hydrogen-bond donors (Lipinski definition) is 1. The van der Waals surface area contributed by atoms with Gasteiger partial charge in [-0.05, 0) is 31.0 Å². The van der Waals surface area contributed by atoms with Crippen LogP contribution >= 0.6 is 0 Å². The fourth-order valence-electron chi connectivity index (χ4n) is 2.56. The molecule has 7 heteroatoms. The first-order valence-corrected chi connectivity index (χ1v) is 7.99. The topological polar surface area (TPSA) is 75.7 Å². The summed E-state index contributed by atoms with van der Waals surface area (Å²) in [5.74, 6) is -2.06. The van der Waals surface area contributed by atoms with E-state index in [4.69, 9.17) is 4.74 Å². The fraction of sp³-hybridized carbons (Fsp3) is 0.471. The summed E-state index contributed by atoms with van der Waals surface area (Å²) in [6.45, 7) is 2.26. The molecule has 1 N–H and O–H groups in total. The summed E-state index contributed by atoms with van der Waals surface area (Å²) in [7, 11) is 0. The van der Waals surface area contributed by atoms with Crippen molar-refractivity contribution in [1.82, 2.24) is 4.90 Å². The van der Waals surface area contributed by atoms with Crippen molar-refractivity contribution >= 4 is 23.5 Å². The third-order valence-corrected chi connectivity index (χ3v) is 3.80. The van der Waals surface area contributed by atoms with Gasteiger partial charge in [0.15, 0.2) is 6.61 Å². The predicted octanol–water partition coefficient (Wildman–Crippen LogP) is 2.34. The van der Waals surface area contributed by atoms with Crippen molar-refractivity contribution in [2.45, 2.75) is 32.6 Å². The number of ether oxygens (including phenoxy) is 1. The smallest absolute Gasteiger partial charge is 0.338 e. The van der Waals surface area contributed by atoms with Crippen LogP contribution < -0.4 is 5.32 Å². The third kappa shape index (κ3) is 5.04. The number of carbonyl (C=O) groups is 3. The Bertz CT molecular complexity index is 625. The third-order valence-electron chi connectivity index (χ3n) is 3.80. The van der Waals surface area contributed by atoms with Crippen molar-refractivity contribution in [3.05, 3.63) is 29.6 Å². The van der Waals surface area contributed by atoms with E-state index < -0.39 is 17.7 Å². The van der Waals surface area contributed by atoms with Crippen LogP contribution in [-0.2, 0) is 14.3 Å². The van der Waals surface area contributed by atoms with Crippen LogP contribution in [0.3, 0.4) is 0 Å². The SMILES string of the molecule is CC(=O)Nc1cc(C(=O)OCC(=O)N2CCCCCC2)ccc1F. The Balaban J connectivity index is 1.94. The van der Waals surface area contributed by atoms with Crippen molar-refractivity contribution in [2.24, 2.45) is 0 Å². The molecule has 6 nitrogen and oxygen atoms in total. The van der Waals surface area contributed by atoms with Crippen LogP contribution in [0.2, 0.25) is 0 Å². The van der Waals surface area contributed by atoms with Crippen molar-refractivity contribution in [3.63, 3.8) is 0 Å². The minimum Gasteiger partial charge on any atom is -0.452 e. The van der Waals surface area contributed by atoms with Gasteiger partial charge in [-0.15, -0.1) is 0 Å². The Morgan fingerprint density at radius 1 is 1.17 bits per heavy atom. The molecule has 24 heavy (non-hydrogen) atoms. The number of anilines is 1. The second-order valence-corrected chi connectivity index (χ2v) is 5.75. The summed E-state index contributed by atoms with van der Waals surface area (Å²) in [4.78, 5) is 36.8. The number of benzene rings is 1. The van der Waals surface area contributed by atoms with Crippen LogP contribution in [-0.4, -0.2) is 42.4 Å². The number of esters is 1. The first kappa shape index (κ1) is 17.9. The Morgan fingerprint density at radius 3 is 2.46 bits per heavy atom. The molecule has 1 aromatic rings. The molecular formula is C17H21FN2O4. The van der Waals surface area contributed by atoms with Gasteiger partial charge in [-0.25, -0.2) is 9.18 Å². The van der Waals surface area contributed by atoms with Gasteiger partial charge in [0.2, 0.25) is 5.91 Å². The lowest BCUT2D eigenvalue weighted by atomic mass is 10.2. The van der Waals surface area contributed by atoms with Crippen molar-refractivity contribution in [1.29, 1.82) is 0 Å². The summed E-state index contributed by atoms with van der Waals surface area (Å²) >= 11 is 0. The molecule has 1 heterocycles. The lowest BCUT2D eigenvalue weighted by Crippen LogP contribution is -2.35. The summed E-state index contributed by atoms with van der Waals surface area (Å²) < 4.78 is 18.6. The lowest BCUT2D eigenvalue weighted by Gasteiger charge is -2.20. The summed E-state index contributed by atoms with van der Waals surface area (Å²) in [5, 5.41) is 2.29. The van der Waals surface area contributed by atoms with Gasteiger partial charge in [0.1, 0.15) is 5.82 Å². The largest absolute Gasteiger partial charge is 0.452 e. The minimum absolute atomic E-state index is 0.0730. The van der Waals surface area contributed by atoms with Crippen LogP contribution in [0.5, 0.6) is 0 Å². The normalized spacial score (nSPS) is 14.7. The van der Waals surface area contributed by atoms with Crippen LogP contribution in [0.4, 0.5) is 10.1 Å². The molecule has 1 aliphatic rings. The molecule has 0 aliphatic carbocycles. The van der Waals surface area contributed by atoms with Gasteiger partial charge in [0, 0.05) is 20.0 Å². The van der Waals surface area contributed by atoms with Crippen LogP contribution in [0.1, 0.15) is 43.0 Å². The van der Waals surface area contributed by atoms with Gasteiger partial charge < -0.3 is 15.0 Å². The van der Waals surface area contributed by atoms with E-state index in [1.165, 1.54) is 19.1 Å². The van der Waals surface area contributed by atoms with E-state index in [-0.39, 0.29) is 23.8 Å². The van der Waals surface area contributed by atoms with Crippen LogP contribution in [0, 0.1) is 5.82 Å². The molecule has 2 rings (SSSR count). The van der Waals surface area contributed by atoms with Gasteiger partial charge in [-0.1, -0.05) is 12.8 Å². The second-order valence-electron chi connectivity index (χ2n) is 5.75. The van der Waals surface area contributed by atoms with E-state index in [1.807, 2.05) is 0 Å².